The van der Waals surface area contributed by atoms with Gasteiger partial charge < -0.3 is 9.84 Å². The molecule has 1 rings (SSSR count). The summed E-state index contributed by atoms with van der Waals surface area (Å²) in [6, 6.07) is 4.79. The van der Waals surface area contributed by atoms with Crippen molar-refractivity contribution in [1.82, 2.24) is 0 Å². The van der Waals surface area contributed by atoms with Gasteiger partial charge in [-0.25, -0.2) is 0 Å². The minimum atomic E-state index is -0.147. The van der Waals surface area contributed by atoms with E-state index < -0.39 is 0 Å². The Bertz CT molecular complexity index is 377. The molecule has 3 nitrogen and oxygen atoms in total. The second-order valence-corrected chi connectivity index (χ2v) is 4.63. The highest BCUT2D eigenvalue weighted by Crippen LogP contribution is 2.24. The lowest BCUT2D eigenvalue weighted by Gasteiger charge is -2.07. The molecule has 1 N–H and O–H groups in total. The molecule has 0 bridgehead atoms. The number of unbranched alkanes of at least 4 members (excludes halogenated alkanes) is 2. The topological polar surface area (TPSA) is 46.5 Å². The van der Waals surface area contributed by atoms with Gasteiger partial charge in [-0.3, -0.25) is 4.79 Å². The van der Waals surface area contributed by atoms with Crippen LogP contribution in [0, 0.1) is 0 Å². The van der Waals surface area contributed by atoms with Crippen LogP contribution in [0.1, 0.15) is 36.5 Å². The van der Waals surface area contributed by atoms with Crippen LogP contribution in [-0.2, 0) is 0 Å². The van der Waals surface area contributed by atoms with Crippen LogP contribution in [0.15, 0.2) is 18.2 Å². The Hall–Kier alpha value is -1.03. The van der Waals surface area contributed by atoms with Crippen molar-refractivity contribution in [1.29, 1.82) is 0 Å². The van der Waals surface area contributed by atoms with E-state index >= 15 is 0 Å². The largest absolute Gasteiger partial charge is 0.507 e. The quantitative estimate of drug-likeness (QED) is 0.476. The number of Topliss-reactive ketones (excluding diaryl/α,β-unsaturated/α-hetero) is 1. The molecule has 0 aliphatic rings. The van der Waals surface area contributed by atoms with Gasteiger partial charge in [0.25, 0.3) is 0 Å². The van der Waals surface area contributed by atoms with E-state index in [4.69, 9.17) is 4.74 Å². The van der Waals surface area contributed by atoms with Crippen molar-refractivity contribution in [2.75, 3.05) is 11.9 Å². The molecule has 0 radical (unpaired) electrons. The van der Waals surface area contributed by atoms with Gasteiger partial charge in [0.2, 0.25) is 0 Å². The second-order valence-electron chi connectivity index (χ2n) is 3.83. The van der Waals surface area contributed by atoms with Gasteiger partial charge in [0, 0.05) is 11.4 Å². The Morgan fingerprint density at radius 3 is 2.71 bits per heavy atom. The third-order valence-corrected chi connectivity index (χ3v) is 2.96. The van der Waals surface area contributed by atoms with E-state index in [1.165, 1.54) is 13.0 Å². The Kier molecular flexibility index (Phi) is 6.05. The zero-order valence-corrected chi connectivity index (χ0v) is 11.5. The molecule has 0 saturated carbocycles. The molecule has 0 fully saturated rings. The zero-order valence-electron chi connectivity index (χ0n) is 9.91. The van der Waals surface area contributed by atoms with Gasteiger partial charge in [-0.15, -0.1) is 0 Å². The van der Waals surface area contributed by atoms with Crippen LogP contribution in [0.25, 0.3) is 0 Å². The van der Waals surface area contributed by atoms with E-state index in [1.54, 1.807) is 12.1 Å². The monoisotopic (exact) mass is 300 g/mol. The first kappa shape index (κ1) is 14.0. The number of rotatable bonds is 7. The van der Waals surface area contributed by atoms with Gasteiger partial charge >= 0.3 is 0 Å². The number of ether oxygens (including phenoxy) is 1. The maximum Gasteiger partial charge on any atom is 0.163 e. The number of halogens is 1. The van der Waals surface area contributed by atoms with E-state index in [-0.39, 0.29) is 11.5 Å². The minimum Gasteiger partial charge on any atom is -0.507 e. The van der Waals surface area contributed by atoms with E-state index in [0.29, 0.717) is 17.9 Å². The Balaban J connectivity index is 2.45. The minimum absolute atomic E-state index is 0.0181. The molecule has 17 heavy (non-hydrogen) atoms. The summed E-state index contributed by atoms with van der Waals surface area (Å²) in [5, 5.41) is 10.6. The molecule has 4 heteroatoms. The van der Waals surface area contributed by atoms with Crippen molar-refractivity contribution in [2.45, 2.75) is 26.2 Å². The molecule has 0 spiro atoms. The SMILES string of the molecule is CC(=O)c1ccc(OCCCCCBr)cc1O. The molecule has 0 aliphatic heterocycles. The van der Waals surface area contributed by atoms with Gasteiger partial charge in [0.05, 0.1) is 12.2 Å². The molecular formula is C13H17BrO3. The molecule has 0 atom stereocenters. The number of benzene rings is 1. The maximum absolute atomic E-state index is 11.1. The van der Waals surface area contributed by atoms with Crippen LogP contribution in [0.5, 0.6) is 11.5 Å². The van der Waals surface area contributed by atoms with Crippen LogP contribution in [-0.4, -0.2) is 22.8 Å². The summed E-state index contributed by atoms with van der Waals surface area (Å²) in [6.45, 7) is 2.06. The van der Waals surface area contributed by atoms with Crippen LogP contribution < -0.4 is 4.74 Å². The standard InChI is InChI=1S/C13H17BrO3/c1-10(15)12-6-5-11(9-13(12)16)17-8-4-2-3-7-14/h5-6,9,16H,2-4,7-8H2,1H3. The van der Waals surface area contributed by atoms with Gasteiger partial charge in [-0.05, 0) is 38.3 Å². The number of phenols is 1. The first-order valence-corrected chi connectivity index (χ1v) is 6.80. The molecule has 1 aromatic rings. The number of aromatic hydroxyl groups is 1. The maximum atomic E-state index is 11.1. The predicted molar refractivity (Wildman–Crippen MR) is 71.3 cm³/mol. The number of phenolic OH excluding ortho intramolecular Hbond substituents is 1. The highest BCUT2D eigenvalue weighted by atomic mass is 79.9. The molecule has 0 heterocycles. The van der Waals surface area contributed by atoms with Crippen molar-refractivity contribution < 1.29 is 14.6 Å². The smallest absolute Gasteiger partial charge is 0.163 e. The van der Waals surface area contributed by atoms with Gasteiger partial charge in [0.1, 0.15) is 11.5 Å². The molecule has 0 aliphatic carbocycles. The lowest BCUT2D eigenvalue weighted by molar-refractivity contribution is 0.101. The highest BCUT2D eigenvalue weighted by Gasteiger charge is 2.07. The highest BCUT2D eigenvalue weighted by molar-refractivity contribution is 9.09. The van der Waals surface area contributed by atoms with Crippen LogP contribution in [0.2, 0.25) is 0 Å². The molecule has 0 unspecified atom stereocenters. The fourth-order valence-corrected chi connectivity index (χ4v) is 1.86. The molecule has 0 aromatic heterocycles. The fraction of sp³-hybridized carbons (Fsp3) is 0.462. The van der Waals surface area contributed by atoms with E-state index in [2.05, 4.69) is 15.9 Å². The van der Waals surface area contributed by atoms with Gasteiger partial charge in [-0.2, -0.15) is 0 Å². The van der Waals surface area contributed by atoms with Crippen molar-refractivity contribution in [3.8, 4) is 11.5 Å². The second kappa shape index (κ2) is 7.33. The van der Waals surface area contributed by atoms with Crippen LogP contribution in [0.4, 0.5) is 0 Å². The summed E-state index contributed by atoms with van der Waals surface area (Å²) in [6.07, 6.45) is 3.24. The summed E-state index contributed by atoms with van der Waals surface area (Å²) >= 11 is 3.37. The number of ketones is 1. The summed E-state index contributed by atoms with van der Waals surface area (Å²) < 4.78 is 5.48. The summed E-state index contributed by atoms with van der Waals surface area (Å²) in [5.74, 6) is 0.438. The van der Waals surface area contributed by atoms with Crippen molar-refractivity contribution in [3.63, 3.8) is 0 Å². The molecular weight excluding hydrogens is 284 g/mol. The summed E-state index contributed by atoms with van der Waals surface area (Å²) in [4.78, 5) is 11.1. The fourth-order valence-electron chi connectivity index (χ4n) is 1.46. The van der Waals surface area contributed by atoms with E-state index in [9.17, 15) is 9.90 Å². The molecule has 0 saturated heterocycles. The predicted octanol–water partition coefficient (Wildman–Crippen LogP) is 3.54. The number of carbonyl (C=O) groups excluding carboxylic acids is 1. The number of carbonyl (C=O) groups is 1. The Morgan fingerprint density at radius 2 is 2.12 bits per heavy atom. The van der Waals surface area contributed by atoms with E-state index in [1.807, 2.05) is 0 Å². The van der Waals surface area contributed by atoms with Crippen molar-refractivity contribution >= 4 is 21.7 Å². The lowest BCUT2D eigenvalue weighted by atomic mass is 10.1. The average Bonchev–Trinajstić information content (AvgIpc) is 2.28. The Labute approximate surface area is 110 Å². The third-order valence-electron chi connectivity index (χ3n) is 2.40. The van der Waals surface area contributed by atoms with Crippen LogP contribution in [0.3, 0.4) is 0 Å². The number of hydrogen-bond donors (Lipinski definition) is 1. The van der Waals surface area contributed by atoms with Crippen LogP contribution >= 0.6 is 15.9 Å². The number of alkyl halides is 1. The molecule has 1 aromatic carbocycles. The summed E-state index contributed by atoms with van der Waals surface area (Å²) in [5.41, 5.74) is 0.330. The van der Waals surface area contributed by atoms with Crippen molar-refractivity contribution in [2.24, 2.45) is 0 Å². The number of hydrogen-bond acceptors (Lipinski definition) is 3. The van der Waals surface area contributed by atoms with Gasteiger partial charge in [-0.1, -0.05) is 15.9 Å². The van der Waals surface area contributed by atoms with Crippen molar-refractivity contribution in [3.05, 3.63) is 23.8 Å². The normalized spacial score (nSPS) is 10.2. The first-order chi connectivity index (χ1) is 8.15. The average molecular weight is 301 g/mol. The van der Waals surface area contributed by atoms with Gasteiger partial charge in [0.15, 0.2) is 5.78 Å². The first-order valence-electron chi connectivity index (χ1n) is 5.68. The summed E-state index contributed by atoms with van der Waals surface area (Å²) in [7, 11) is 0. The zero-order chi connectivity index (χ0) is 12.7. The van der Waals surface area contributed by atoms with E-state index in [0.717, 1.165) is 24.6 Å². The molecule has 94 valence electrons. The third kappa shape index (κ3) is 4.77. The molecule has 0 amide bonds. The lowest BCUT2D eigenvalue weighted by Crippen LogP contribution is -1.99. The Morgan fingerprint density at radius 1 is 1.35 bits per heavy atom.